The Morgan fingerprint density at radius 2 is 1.15 bits per heavy atom. The van der Waals surface area contributed by atoms with E-state index >= 15 is 0 Å². The summed E-state index contributed by atoms with van der Waals surface area (Å²) in [5.74, 6) is -1.17. The third kappa shape index (κ3) is 41.4. The zero-order valence-corrected chi connectivity index (χ0v) is 39.6. The molecule has 0 rings (SSSR count). The lowest BCUT2D eigenvalue weighted by Gasteiger charge is -2.28. The first-order chi connectivity index (χ1) is 29.2. The zero-order chi connectivity index (χ0) is 45.5. The highest BCUT2D eigenvalue weighted by Crippen LogP contribution is 2.38. The molecule has 0 fully saturated rings. The predicted molar refractivity (Wildman–Crippen MR) is 245 cm³/mol. The summed E-state index contributed by atoms with van der Waals surface area (Å²) in [7, 11) is 0.972. The van der Waals surface area contributed by atoms with Gasteiger partial charge in [-0.15, -0.1) is 0 Å². The number of hydrogen-bond acceptors (Lipinski definition) is 11. The Balaban J connectivity index is 4.63. The van der Waals surface area contributed by atoms with E-state index in [1.54, 1.807) is 42.5 Å². The van der Waals surface area contributed by atoms with E-state index in [0.717, 1.165) is 25.7 Å². The quantitative estimate of drug-likeness (QED) is 0.0133. The topological polar surface area (TPSA) is 172 Å². The number of phosphoric acid groups is 1. The first-order valence-corrected chi connectivity index (χ1v) is 24.8. The lowest BCUT2D eigenvalue weighted by atomic mass is 10.0. The van der Waals surface area contributed by atoms with Gasteiger partial charge in [-0.25, -0.2) is 0 Å². The van der Waals surface area contributed by atoms with Crippen molar-refractivity contribution >= 4 is 19.8 Å². The number of rotatable bonds is 41. The van der Waals surface area contributed by atoms with E-state index in [9.17, 15) is 34.4 Å². The Kier molecular flexibility index (Phi) is 37.7. The second kappa shape index (κ2) is 39.2. The van der Waals surface area contributed by atoms with Crippen molar-refractivity contribution in [2.45, 2.75) is 186 Å². The fourth-order valence-corrected chi connectivity index (χ4v) is 6.84. The maximum Gasteiger partial charge on any atom is 0.306 e. The molecule has 0 aliphatic rings. The highest BCUT2D eigenvalue weighted by atomic mass is 31.2. The minimum absolute atomic E-state index is 0.0791. The van der Waals surface area contributed by atoms with Gasteiger partial charge >= 0.3 is 11.9 Å². The maximum absolute atomic E-state index is 12.7. The maximum atomic E-state index is 12.7. The molecule has 0 spiro atoms. The molecule has 0 amide bonds. The molecule has 0 aliphatic heterocycles. The van der Waals surface area contributed by atoms with Gasteiger partial charge in [-0.2, -0.15) is 0 Å². The van der Waals surface area contributed by atoms with Gasteiger partial charge in [-0.3, -0.25) is 14.2 Å². The van der Waals surface area contributed by atoms with Gasteiger partial charge in [0.25, 0.3) is 7.82 Å². The van der Waals surface area contributed by atoms with Crippen LogP contribution in [0.5, 0.6) is 0 Å². The highest BCUT2D eigenvalue weighted by Gasteiger charge is 2.22. The fourth-order valence-electron chi connectivity index (χ4n) is 6.11. The molecule has 0 aliphatic carbocycles. The van der Waals surface area contributed by atoms with E-state index in [1.807, 2.05) is 40.2 Å². The molecule has 3 N–H and O–H groups in total. The molecular weight excluding hydrogens is 797 g/mol. The fraction of sp³-hybridized carbons (Fsp3) is 0.750. The summed E-state index contributed by atoms with van der Waals surface area (Å²) in [6.45, 7) is 3.64. The average Bonchev–Trinajstić information content (AvgIpc) is 3.20. The minimum Gasteiger partial charge on any atom is -0.756 e. The number of esters is 2. The van der Waals surface area contributed by atoms with Gasteiger partial charge in [0.1, 0.15) is 19.8 Å². The molecule has 0 saturated heterocycles. The van der Waals surface area contributed by atoms with Crippen LogP contribution in [0.25, 0.3) is 0 Å². The summed E-state index contributed by atoms with van der Waals surface area (Å²) < 4.78 is 33.7. The number of carbonyl (C=O) groups is 2. The lowest BCUT2D eigenvalue weighted by molar-refractivity contribution is -0.870. The van der Waals surface area contributed by atoms with Gasteiger partial charge in [-0.05, 0) is 32.1 Å². The third-order valence-corrected chi connectivity index (χ3v) is 10.9. The van der Waals surface area contributed by atoms with Gasteiger partial charge in [0.2, 0.25) is 0 Å². The Bertz CT molecular complexity index is 1280. The van der Waals surface area contributed by atoms with Crippen LogP contribution in [0, 0.1) is 0 Å². The van der Waals surface area contributed by atoms with Crippen LogP contribution < -0.4 is 4.89 Å². The Hall–Kier alpha value is -2.41. The minimum atomic E-state index is -4.71. The number of nitrogens with zero attached hydrogens (tertiary/aromatic N) is 1. The third-order valence-electron chi connectivity index (χ3n) is 9.89. The molecule has 0 bridgehead atoms. The van der Waals surface area contributed by atoms with E-state index in [-0.39, 0.29) is 32.3 Å². The molecule has 12 nitrogen and oxygen atoms in total. The Morgan fingerprint density at radius 3 is 1.69 bits per heavy atom. The SMILES string of the molecule is CC/C=C\C[C@@H](O)/C=C/C=C/C=C\C=C/[C@H](O)[C@@H](O)CCCC(=O)OC[C@H](COP(=O)([O-])OCC[N+](C)(C)C)OC(=O)CCCCCCCCCCCCCCCCCCC. The number of hydrogen-bond donors (Lipinski definition) is 3. The first-order valence-electron chi connectivity index (χ1n) is 23.3. The number of phosphoric ester groups is 1. The van der Waals surface area contributed by atoms with Gasteiger partial charge in [-0.1, -0.05) is 177 Å². The number of quaternary nitrogens is 1. The van der Waals surface area contributed by atoms with Crippen molar-refractivity contribution in [2.24, 2.45) is 0 Å². The number of aliphatic hydroxyl groups is 3. The molecule has 61 heavy (non-hydrogen) atoms. The Morgan fingerprint density at radius 1 is 0.639 bits per heavy atom. The van der Waals surface area contributed by atoms with E-state index in [4.69, 9.17) is 18.5 Å². The molecule has 5 atom stereocenters. The van der Waals surface area contributed by atoms with Crippen LogP contribution in [0.1, 0.15) is 162 Å². The van der Waals surface area contributed by atoms with Crippen molar-refractivity contribution < 1.29 is 57.4 Å². The van der Waals surface area contributed by atoms with Crippen molar-refractivity contribution in [3.8, 4) is 0 Å². The Labute approximate surface area is 370 Å². The standard InChI is InChI=1S/C48H86NO11P/c1-6-8-10-11-12-13-14-15-16-17-18-19-20-21-22-27-31-37-48(54)60-44(42-59-61(55,56)58-40-39-49(3,4)5)41-57-47(53)38-32-36-46(52)45(51)35-30-26-24-23-25-29-34-43(50)33-28-9-7-2/h9,23-26,28-30,34-35,43-46,50-52H,6-8,10-22,27,31-33,36-42H2,1-5H3/b25-23+,26-24-,28-9-,34-29+,35-30-/t43-,44-,45+,46+/m1/s1. The first kappa shape index (κ1) is 58.6. The molecule has 0 aromatic heterocycles. The summed E-state index contributed by atoms with van der Waals surface area (Å²) in [6.07, 6.45) is 36.2. The summed E-state index contributed by atoms with van der Waals surface area (Å²) in [4.78, 5) is 37.7. The average molecular weight is 884 g/mol. The molecule has 354 valence electrons. The molecule has 0 aromatic rings. The van der Waals surface area contributed by atoms with Crippen molar-refractivity contribution in [1.82, 2.24) is 0 Å². The molecular formula is C48H86NO11P. The van der Waals surface area contributed by atoms with E-state index in [0.29, 0.717) is 23.9 Å². The summed E-state index contributed by atoms with van der Waals surface area (Å²) in [5.41, 5.74) is 0. The second-order valence-electron chi connectivity index (χ2n) is 17.0. The summed E-state index contributed by atoms with van der Waals surface area (Å²) in [6, 6.07) is 0. The molecule has 13 heteroatoms. The second-order valence-corrected chi connectivity index (χ2v) is 18.4. The van der Waals surface area contributed by atoms with Crippen LogP contribution in [0.15, 0.2) is 60.8 Å². The van der Waals surface area contributed by atoms with Crippen molar-refractivity contribution in [3.05, 3.63) is 60.8 Å². The number of carbonyl (C=O) groups excluding carboxylic acids is 2. The largest absolute Gasteiger partial charge is 0.756 e. The highest BCUT2D eigenvalue weighted by molar-refractivity contribution is 7.45. The summed E-state index contributed by atoms with van der Waals surface area (Å²) in [5, 5.41) is 30.5. The van der Waals surface area contributed by atoms with Gasteiger partial charge in [0, 0.05) is 12.8 Å². The van der Waals surface area contributed by atoms with Crippen LogP contribution in [-0.2, 0) is 32.7 Å². The monoisotopic (exact) mass is 884 g/mol. The summed E-state index contributed by atoms with van der Waals surface area (Å²) >= 11 is 0. The van der Waals surface area contributed by atoms with Crippen molar-refractivity contribution in [1.29, 1.82) is 0 Å². The lowest BCUT2D eigenvalue weighted by Crippen LogP contribution is -2.37. The van der Waals surface area contributed by atoms with Gasteiger partial charge < -0.3 is 43.2 Å². The number of ether oxygens (including phenoxy) is 2. The van der Waals surface area contributed by atoms with Gasteiger partial charge in [0.05, 0.1) is 46.1 Å². The van der Waals surface area contributed by atoms with Gasteiger partial charge in [0.15, 0.2) is 6.10 Å². The van der Waals surface area contributed by atoms with Crippen LogP contribution in [0.4, 0.5) is 0 Å². The number of likely N-dealkylation sites (N-methyl/N-ethyl adjacent to an activating group) is 1. The number of allylic oxidation sites excluding steroid dienone is 7. The number of unbranched alkanes of at least 4 members (excludes halogenated alkanes) is 16. The number of aliphatic hydroxyl groups excluding tert-OH is 3. The molecule has 0 aromatic carbocycles. The smallest absolute Gasteiger partial charge is 0.306 e. The molecule has 0 saturated carbocycles. The van der Waals surface area contributed by atoms with E-state index in [2.05, 4.69) is 6.92 Å². The predicted octanol–water partition coefficient (Wildman–Crippen LogP) is 9.53. The van der Waals surface area contributed by atoms with Crippen molar-refractivity contribution in [3.63, 3.8) is 0 Å². The normalized spacial score (nSPS) is 15.6. The van der Waals surface area contributed by atoms with Crippen LogP contribution in [0.3, 0.4) is 0 Å². The molecule has 0 heterocycles. The van der Waals surface area contributed by atoms with E-state index < -0.39 is 57.4 Å². The van der Waals surface area contributed by atoms with Crippen molar-refractivity contribution in [2.75, 3.05) is 47.5 Å². The van der Waals surface area contributed by atoms with Crippen LogP contribution in [0.2, 0.25) is 0 Å². The van der Waals surface area contributed by atoms with E-state index in [1.165, 1.54) is 89.5 Å². The molecule has 1 unspecified atom stereocenters. The molecule has 0 radical (unpaired) electrons. The van der Waals surface area contributed by atoms with Crippen LogP contribution in [-0.4, -0.2) is 104 Å². The van der Waals surface area contributed by atoms with Crippen LogP contribution >= 0.6 is 7.82 Å². The zero-order valence-electron chi connectivity index (χ0n) is 38.7.